The topological polar surface area (TPSA) is 70.4 Å². The molecule has 1 aromatic heterocycles. The summed E-state index contributed by atoms with van der Waals surface area (Å²) in [6.45, 7) is 7.58. The average Bonchev–Trinajstić information content (AvgIpc) is 3.23. The lowest BCUT2D eigenvalue weighted by Crippen LogP contribution is -2.44. The number of aryl methyl sites for hydroxylation is 2. The maximum Gasteiger partial charge on any atom is 0.191 e. The minimum Gasteiger partial charge on any atom is -0.369 e. The van der Waals surface area contributed by atoms with Gasteiger partial charge in [-0.1, -0.05) is 17.7 Å². The van der Waals surface area contributed by atoms with Crippen LogP contribution in [0.5, 0.6) is 0 Å². The summed E-state index contributed by atoms with van der Waals surface area (Å²) in [7, 11) is 1.93. The van der Waals surface area contributed by atoms with Gasteiger partial charge < -0.3 is 20.1 Å². The van der Waals surface area contributed by atoms with E-state index >= 15 is 0 Å². The van der Waals surface area contributed by atoms with E-state index in [1.165, 1.54) is 11.3 Å². The number of aromatic nitrogens is 3. The van der Waals surface area contributed by atoms with E-state index in [9.17, 15) is 0 Å². The Morgan fingerprint density at radius 1 is 1.31 bits per heavy atom. The normalized spacial score (nSPS) is 17.1. The fourth-order valence-corrected chi connectivity index (χ4v) is 2.98. The van der Waals surface area contributed by atoms with Crippen molar-refractivity contribution in [3.63, 3.8) is 0 Å². The highest BCUT2D eigenvalue weighted by Crippen LogP contribution is 2.20. The minimum atomic E-state index is 0. The van der Waals surface area contributed by atoms with Crippen LogP contribution in [0.3, 0.4) is 0 Å². The summed E-state index contributed by atoms with van der Waals surface area (Å²) < 4.78 is 1.89. The van der Waals surface area contributed by atoms with Gasteiger partial charge in [-0.15, -0.1) is 34.2 Å². The third kappa shape index (κ3) is 5.33. The first kappa shape index (κ1) is 20.5. The summed E-state index contributed by atoms with van der Waals surface area (Å²) in [5.74, 6) is 1.69. The molecule has 2 aromatic rings. The van der Waals surface area contributed by atoms with Gasteiger partial charge in [0.25, 0.3) is 0 Å². The number of halogens is 1. The van der Waals surface area contributed by atoms with Crippen LogP contribution < -0.4 is 15.5 Å². The fraction of sp³-hybridized carbons (Fsp3) is 0.500. The molecule has 2 N–H and O–H groups in total. The molecule has 0 saturated carbocycles. The maximum absolute atomic E-state index is 4.64. The monoisotopic (exact) mass is 469 g/mol. The number of benzene rings is 1. The number of aliphatic imine (C=N–C) groups is 1. The second-order valence-electron chi connectivity index (χ2n) is 6.46. The average molecular weight is 469 g/mol. The van der Waals surface area contributed by atoms with Crippen molar-refractivity contribution in [2.45, 2.75) is 32.9 Å². The standard InChI is InChI=1S/C18H27N7.HI/c1-4-19-18(20-11-17-23-21-13-24(17)3)22-15-9-10-25(12-15)16-7-5-14(2)6-8-16;/h5-8,13,15H,4,9-12H2,1-3H3,(H2,19,20,22);1H. The summed E-state index contributed by atoms with van der Waals surface area (Å²) in [4.78, 5) is 7.06. The molecule has 0 amide bonds. The number of hydrogen-bond donors (Lipinski definition) is 2. The van der Waals surface area contributed by atoms with Crippen LogP contribution in [0.4, 0.5) is 5.69 Å². The molecule has 2 heterocycles. The summed E-state index contributed by atoms with van der Waals surface area (Å²) >= 11 is 0. The highest BCUT2D eigenvalue weighted by molar-refractivity contribution is 14.0. The summed E-state index contributed by atoms with van der Waals surface area (Å²) in [5.41, 5.74) is 2.58. The smallest absolute Gasteiger partial charge is 0.191 e. The molecule has 0 bridgehead atoms. The lowest BCUT2D eigenvalue weighted by Gasteiger charge is -2.20. The Morgan fingerprint density at radius 2 is 2.08 bits per heavy atom. The molecule has 142 valence electrons. The van der Waals surface area contributed by atoms with Crippen molar-refractivity contribution in [2.24, 2.45) is 12.0 Å². The quantitative estimate of drug-likeness (QED) is 0.399. The summed E-state index contributed by atoms with van der Waals surface area (Å²) in [6, 6.07) is 9.12. The van der Waals surface area contributed by atoms with Gasteiger partial charge in [0.05, 0.1) is 0 Å². The van der Waals surface area contributed by atoms with Crippen molar-refractivity contribution in [3.05, 3.63) is 42.0 Å². The molecule has 3 rings (SSSR count). The van der Waals surface area contributed by atoms with Gasteiger partial charge in [0, 0.05) is 38.4 Å². The Kier molecular flexibility index (Phi) is 7.67. The SMILES string of the molecule is CCNC(=NCc1nncn1C)NC1CCN(c2ccc(C)cc2)C1.I. The zero-order valence-corrected chi connectivity index (χ0v) is 18.0. The van der Waals surface area contributed by atoms with Crippen LogP contribution in [-0.4, -0.2) is 46.4 Å². The van der Waals surface area contributed by atoms with Crippen LogP contribution in [0.25, 0.3) is 0 Å². The Bertz CT molecular complexity index is 711. The van der Waals surface area contributed by atoms with Crippen LogP contribution in [0.1, 0.15) is 24.7 Å². The number of rotatable bonds is 5. The molecule has 1 fully saturated rings. The number of guanidine groups is 1. The van der Waals surface area contributed by atoms with Gasteiger partial charge in [-0.05, 0) is 32.4 Å². The Labute approximate surface area is 172 Å². The van der Waals surface area contributed by atoms with Gasteiger partial charge in [-0.2, -0.15) is 0 Å². The highest BCUT2D eigenvalue weighted by atomic mass is 127. The lowest BCUT2D eigenvalue weighted by atomic mass is 10.2. The van der Waals surface area contributed by atoms with Crippen molar-refractivity contribution in [1.29, 1.82) is 0 Å². The lowest BCUT2D eigenvalue weighted by molar-refractivity contribution is 0.647. The third-order valence-electron chi connectivity index (χ3n) is 4.46. The van der Waals surface area contributed by atoms with E-state index < -0.39 is 0 Å². The largest absolute Gasteiger partial charge is 0.369 e. The number of nitrogens with one attached hydrogen (secondary N) is 2. The van der Waals surface area contributed by atoms with Crippen molar-refractivity contribution in [1.82, 2.24) is 25.4 Å². The van der Waals surface area contributed by atoms with Gasteiger partial charge in [-0.3, -0.25) is 0 Å². The number of anilines is 1. The molecule has 1 unspecified atom stereocenters. The van der Waals surface area contributed by atoms with E-state index in [1.807, 2.05) is 11.6 Å². The molecule has 1 saturated heterocycles. The Hall–Kier alpha value is -1.84. The summed E-state index contributed by atoms with van der Waals surface area (Å²) in [5, 5.41) is 14.8. The van der Waals surface area contributed by atoms with Crippen LogP contribution in [0.2, 0.25) is 0 Å². The van der Waals surface area contributed by atoms with E-state index in [0.29, 0.717) is 12.6 Å². The number of hydrogen-bond acceptors (Lipinski definition) is 4. The third-order valence-corrected chi connectivity index (χ3v) is 4.46. The Balaban J connectivity index is 0.00000243. The van der Waals surface area contributed by atoms with Crippen molar-refractivity contribution in [2.75, 3.05) is 24.5 Å². The second-order valence-corrected chi connectivity index (χ2v) is 6.46. The van der Waals surface area contributed by atoms with E-state index in [0.717, 1.165) is 37.8 Å². The van der Waals surface area contributed by atoms with E-state index in [1.54, 1.807) is 6.33 Å². The molecule has 0 aliphatic carbocycles. The van der Waals surface area contributed by atoms with Gasteiger partial charge >= 0.3 is 0 Å². The zero-order valence-electron chi connectivity index (χ0n) is 15.6. The van der Waals surface area contributed by atoms with E-state index in [4.69, 9.17) is 0 Å². The molecule has 0 radical (unpaired) electrons. The van der Waals surface area contributed by atoms with Gasteiger partial charge in [0.1, 0.15) is 12.9 Å². The molecule has 1 aliphatic rings. The number of nitrogens with zero attached hydrogens (tertiary/aromatic N) is 5. The first-order valence-electron chi connectivity index (χ1n) is 8.85. The molecule has 8 heteroatoms. The van der Waals surface area contributed by atoms with Gasteiger partial charge in [0.2, 0.25) is 0 Å². The Morgan fingerprint density at radius 3 is 2.73 bits per heavy atom. The first-order valence-corrected chi connectivity index (χ1v) is 8.85. The van der Waals surface area contributed by atoms with Gasteiger partial charge in [-0.25, -0.2) is 4.99 Å². The van der Waals surface area contributed by atoms with E-state index in [-0.39, 0.29) is 24.0 Å². The van der Waals surface area contributed by atoms with E-state index in [2.05, 4.69) is 68.8 Å². The molecule has 1 atom stereocenters. The fourth-order valence-electron chi connectivity index (χ4n) is 2.98. The molecule has 1 aliphatic heterocycles. The van der Waals surface area contributed by atoms with Crippen molar-refractivity contribution >= 4 is 35.6 Å². The van der Waals surface area contributed by atoms with Crippen molar-refractivity contribution in [3.8, 4) is 0 Å². The molecule has 26 heavy (non-hydrogen) atoms. The molecular formula is C18H28IN7. The van der Waals surface area contributed by atoms with Crippen molar-refractivity contribution < 1.29 is 0 Å². The first-order chi connectivity index (χ1) is 12.2. The van der Waals surface area contributed by atoms with Crippen LogP contribution >= 0.6 is 24.0 Å². The summed E-state index contributed by atoms with van der Waals surface area (Å²) in [6.07, 6.45) is 2.80. The highest BCUT2D eigenvalue weighted by Gasteiger charge is 2.23. The second kappa shape index (κ2) is 9.75. The molecule has 7 nitrogen and oxygen atoms in total. The van der Waals surface area contributed by atoms with Crippen LogP contribution in [-0.2, 0) is 13.6 Å². The van der Waals surface area contributed by atoms with Crippen LogP contribution in [0.15, 0.2) is 35.6 Å². The minimum absolute atomic E-state index is 0. The van der Waals surface area contributed by atoms with Crippen LogP contribution in [0, 0.1) is 6.92 Å². The zero-order chi connectivity index (χ0) is 17.6. The maximum atomic E-state index is 4.64. The molecular weight excluding hydrogens is 441 g/mol. The van der Waals surface area contributed by atoms with Gasteiger partial charge in [0.15, 0.2) is 11.8 Å². The molecule has 0 spiro atoms. The molecule has 1 aromatic carbocycles. The predicted octanol–water partition coefficient (Wildman–Crippen LogP) is 2.08. The predicted molar refractivity (Wildman–Crippen MR) is 116 cm³/mol.